The lowest BCUT2D eigenvalue weighted by Crippen LogP contribution is -2.36. The molecule has 0 bridgehead atoms. The van der Waals surface area contributed by atoms with Crippen LogP contribution in [0.4, 0.5) is 5.69 Å². The number of pyridine rings is 1. The summed E-state index contributed by atoms with van der Waals surface area (Å²) in [5.74, 6) is -0.535. The molecule has 0 saturated carbocycles. The Balaban J connectivity index is 1.91. The zero-order valence-corrected chi connectivity index (χ0v) is 13.2. The number of carbonyl (C=O) groups is 1. The number of primary amides is 1. The van der Waals surface area contributed by atoms with E-state index < -0.39 is 5.91 Å². The molecule has 0 atom stereocenters. The molecule has 3 heterocycles. The number of thiazole rings is 1. The minimum absolute atomic E-state index is 0.265. The SMILES string of the molecule is COC1CCN(c2cnc(C(N)=O)c(-c3cscn3)c2)CC1. The molecule has 3 rings (SSSR count). The van der Waals surface area contributed by atoms with Gasteiger partial charge >= 0.3 is 0 Å². The normalized spacial score (nSPS) is 16.0. The number of ether oxygens (including phenoxy) is 1. The Morgan fingerprint density at radius 1 is 1.41 bits per heavy atom. The van der Waals surface area contributed by atoms with Crippen LogP contribution in [0.25, 0.3) is 11.3 Å². The number of methoxy groups -OCH3 is 1. The van der Waals surface area contributed by atoms with Gasteiger partial charge in [-0.25, -0.2) is 9.97 Å². The third-order valence-electron chi connectivity index (χ3n) is 3.96. The lowest BCUT2D eigenvalue weighted by Gasteiger charge is -2.33. The molecule has 0 aliphatic carbocycles. The van der Waals surface area contributed by atoms with Crippen LogP contribution < -0.4 is 10.6 Å². The average Bonchev–Trinajstić information content (AvgIpc) is 3.08. The summed E-state index contributed by atoms with van der Waals surface area (Å²) >= 11 is 1.48. The second kappa shape index (κ2) is 6.41. The minimum atomic E-state index is -0.535. The molecule has 0 aromatic carbocycles. The van der Waals surface area contributed by atoms with Crippen LogP contribution in [0.3, 0.4) is 0 Å². The van der Waals surface area contributed by atoms with E-state index in [1.807, 2.05) is 11.4 Å². The van der Waals surface area contributed by atoms with Gasteiger partial charge in [0, 0.05) is 31.1 Å². The van der Waals surface area contributed by atoms with Gasteiger partial charge in [-0.15, -0.1) is 11.3 Å². The van der Waals surface area contributed by atoms with Gasteiger partial charge in [0.1, 0.15) is 5.69 Å². The lowest BCUT2D eigenvalue weighted by atomic mass is 10.1. The molecule has 6 nitrogen and oxygen atoms in total. The fourth-order valence-corrected chi connectivity index (χ4v) is 3.27. The molecule has 1 amide bonds. The number of hydrogen-bond donors (Lipinski definition) is 1. The Morgan fingerprint density at radius 3 is 2.77 bits per heavy atom. The van der Waals surface area contributed by atoms with Crippen molar-refractivity contribution in [3.8, 4) is 11.3 Å². The first-order valence-corrected chi connectivity index (χ1v) is 8.09. The first kappa shape index (κ1) is 14.9. The molecule has 7 heteroatoms. The van der Waals surface area contributed by atoms with E-state index in [-0.39, 0.29) is 5.69 Å². The topological polar surface area (TPSA) is 81.3 Å². The summed E-state index contributed by atoms with van der Waals surface area (Å²) in [6.07, 6.45) is 4.01. The van der Waals surface area contributed by atoms with Gasteiger partial charge < -0.3 is 15.4 Å². The number of nitrogens with two attached hydrogens (primary N) is 1. The van der Waals surface area contributed by atoms with Crippen LogP contribution >= 0.6 is 11.3 Å². The highest BCUT2D eigenvalue weighted by molar-refractivity contribution is 7.07. The van der Waals surface area contributed by atoms with Crippen LogP contribution in [0.1, 0.15) is 23.3 Å². The molecule has 0 radical (unpaired) electrons. The highest BCUT2D eigenvalue weighted by atomic mass is 32.1. The number of amides is 1. The molecule has 2 aromatic rings. The largest absolute Gasteiger partial charge is 0.381 e. The molecule has 22 heavy (non-hydrogen) atoms. The first-order valence-electron chi connectivity index (χ1n) is 7.15. The van der Waals surface area contributed by atoms with E-state index in [0.29, 0.717) is 11.7 Å². The van der Waals surface area contributed by atoms with Crippen LogP contribution in [-0.2, 0) is 4.74 Å². The van der Waals surface area contributed by atoms with E-state index in [2.05, 4.69) is 14.9 Å². The second-order valence-corrected chi connectivity index (χ2v) is 5.97. The first-order chi connectivity index (χ1) is 10.7. The number of carbonyl (C=O) groups excluding carboxylic acids is 1. The molecule has 2 N–H and O–H groups in total. The van der Waals surface area contributed by atoms with Crippen molar-refractivity contribution in [3.05, 3.63) is 28.8 Å². The van der Waals surface area contributed by atoms with Gasteiger partial charge in [0.2, 0.25) is 0 Å². The van der Waals surface area contributed by atoms with Gasteiger partial charge in [-0.2, -0.15) is 0 Å². The highest BCUT2D eigenvalue weighted by Crippen LogP contribution is 2.28. The zero-order valence-electron chi connectivity index (χ0n) is 12.4. The fraction of sp³-hybridized carbons (Fsp3) is 0.400. The van der Waals surface area contributed by atoms with Crippen LogP contribution in [-0.4, -0.2) is 42.2 Å². The second-order valence-electron chi connectivity index (χ2n) is 5.25. The lowest BCUT2D eigenvalue weighted by molar-refractivity contribution is 0.0819. The van der Waals surface area contributed by atoms with Gasteiger partial charge in [-0.05, 0) is 18.9 Å². The Hall–Kier alpha value is -1.99. The van der Waals surface area contributed by atoms with E-state index in [9.17, 15) is 4.79 Å². The van der Waals surface area contributed by atoms with Crippen molar-refractivity contribution < 1.29 is 9.53 Å². The molecular formula is C15H18N4O2S. The molecule has 116 valence electrons. The van der Waals surface area contributed by atoms with Crippen molar-refractivity contribution in [2.75, 3.05) is 25.1 Å². The summed E-state index contributed by atoms with van der Waals surface area (Å²) in [5.41, 5.74) is 9.85. The van der Waals surface area contributed by atoms with Crippen molar-refractivity contribution in [1.82, 2.24) is 9.97 Å². The standard InChI is InChI=1S/C15H18N4O2S/c1-21-11-2-4-19(5-3-11)10-6-12(13-8-22-9-18-13)14(15(16)20)17-7-10/h6-9,11H,2-5H2,1H3,(H2,16,20). The summed E-state index contributed by atoms with van der Waals surface area (Å²) in [5, 5.41) is 1.89. The van der Waals surface area contributed by atoms with Crippen molar-refractivity contribution >= 4 is 22.9 Å². The number of piperidine rings is 1. The Labute approximate surface area is 132 Å². The van der Waals surface area contributed by atoms with Crippen LogP contribution in [0.15, 0.2) is 23.2 Å². The minimum Gasteiger partial charge on any atom is -0.381 e. The maximum Gasteiger partial charge on any atom is 0.268 e. The molecule has 1 aliphatic heterocycles. The van der Waals surface area contributed by atoms with Gasteiger partial charge in [-0.3, -0.25) is 4.79 Å². The van der Waals surface area contributed by atoms with Crippen molar-refractivity contribution in [1.29, 1.82) is 0 Å². The van der Waals surface area contributed by atoms with E-state index >= 15 is 0 Å². The maximum absolute atomic E-state index is 11.6. The molecule has 1 fully saturated rings. The van der Waals surface area contributed by atoms with Crippen molar-refractivity contribution in [3.63, 3.8) is 0 Å². The van der Waals surface area contributed by atoms with Gasteiger partial charge in [0.25, 0.3) is 5.91 Å². The predicted molar refractivity (Wildman–Crippen MR) is 86.1 cm³/mol. The van der Waals surface area contributed by atoms with Gasteiger partial charge in [-0.1, -0.05) is 0 Å². The quantitative estimate of drug-likeness (QED) is 0.931. The van der Waals surface area contributed by atoms with Crippen molar-refractivity contribution in [2.45, 2.75) is 18.9 Å². The maximum atomic E-state index is 11.6. The Kier molecular flexibility index (Phi) is 4.35. The average molecular weight is 318 g/mol. The molecule has 0 spiro atoms. The highest BCUT2D eigenvalue weighted by Gasteiger charge is 2.21. The van der Waals surface area contributed by atoms with Crippen LogP contribution in [0.5, 0.6) is 0 Å². The summed E-state index contributed by atoms with van der Waals surface area (Å²) in [6.45, 7) is 1.82. The van der Waals surface area contributed by atoms with Crippen molar-refractivity contribution in [2.24, 2.45) is 5.73 Å². The number of rotatable bonds is 4. The smallest absolute Gasteiger partial charge is 0.268 e. The fourth-order valence-electron chi connectivity index (χ4n) is 2.71. The van der Waals surface area contributed by atoms with E-state index in [4.69, 9.17) is 10.5 Å². The Bertz CT molecular complexity index is 652. The summed E-state index contributed by atoms with van der Waals surface area (Å²) < 4.78 is 5.40. The number of hydrogen-bond acceptors (Lipinski definition) is 6. The molecule has 1 aliphatic rings. The number of anilines is 1. The van der Waals surface area contributed by atoms with E-state index in [0.717, 1.165) is 37.3 Å². The predicted octanol–water partition coefficient (Wildman–Crippen LogP) is 1.92. The zero-order chi connectivity index (χ0) is 15.5. The number of nitrogens with zero attached hydrogens (tertiary/aromatic N) is 3. The monoisotopic (exact) mass is 318 g/mol. The van der Waals surface area contributed by atoms with E-state index in [1.165, 1.54) is 11.3 Å². The summed E-state index contributed by atoms with van der Waals surface area (Å²) in [6, 6.07) is 1.95. The van der Waals surface area contributed by atoms with Crippen LogP contribution in [0.2, 0.25) is 0 Å². The summed E-state index contributed by atoms with van der Waals surface area (Å²) in [7, 11) is 1.75. The molecule has 0 unspecified atom stereocenters. The van der Waals surface area contributed by atoms with Gasteiger partial charge in [0.05, 0.1) is 29.2 Å². The third kappa shape index (κ3) is 2.95. The van der Waals surface area contributed by atoms with Crippen LogP contribution in [0, 0.1) is 0 Å². The van der Waals surface area contributed by atoms with Gasteiger partial charge in [0.15, 0.2) is 0 Å². The number of aromatic nitrogens is 2. The molecule has 1 saturated heterocycles. The summed E-state index contributed by atoms with van der Waals surface area (Å²) in [4.78, 5) is 22.4. The Morgan fingerprint density at radius 2 is 2.18 bits per heavy atom. The molecular weight excluding hydrogens is 300 g/mol. The van der Waals surface area contributed by atoms with E-state index in [1.54, 1.807) is 18.8 Å². The third-order valence-corrected chi connectivity index (χ3v) is 4.54. The molecule has 2 aromatic heterocycles.